The second-order valence-corrected chi connectivity index (χ2v) is 4.64. The van der Waals surface area contributed by atoms with Gasteiger partial charge in [0.25, 0.3) is 0 Å². The fourth-order valence-electron chi connectivity index (χ4n) is 1.50. The van der Waals surface area contributed by atoms with Crippen molar-refractivity contribution >= 4 is 28.6 Å². The maximum Gasteiger partial charge on any atom is 0.335 e. The number of carboxylic acids is 1. The minimum absolute atomic E-state index is 0.316. The molecule has 1 N–H and O–H groups in total. The monoisotopic (exact) mass is 324 g/mol. The van der Waals surface area contributed by atoms with Crippen LogP contribution in [0, 0.1) is 3.57 Å². The van der Waals surface area contributed by atoms with Crippen LogP contribution in [0.3, 0.4) is 0 Å². The zero-order valence-electron chi connectivity index (χ0n) is 8.35. The molecule has 3 heteroatoms. The van der Waals surface area contributed by atoms with Gasteiger partial charge in [-0.3, -0.25) is 0 Å². The van der Waals surface area contributed by atoms with E-state index in [0.717, 1.165) is 14.7 Å². The van der Waals surface area contributed by atoms with Gasteiger partial charge in [-0.15, -0.1) is 0 Å². The Balaban J connectivity index is 2.48. The molecule has 0 spiro atoms. The average molecular weight is 324 g/mol. The zero-order valence-corrected chi connectivity index (χ0v) is 10.5. The third kappa shape index (κ3) is 2.41. The van der Waals surface area contributed by atoms with E-state index in [4.69, 9.17) is 5.11 Å². The van der Waals surface area contributed by atoms with Crippen molar-refractivity contribution in [1.82, 2.24) is 0 Å². The predicted octanol–water partition coefficient (Wildman–Crippen LogP) is 3.66. The van der Waals surface area contributed by atoms with E-state index in [1.54, 1.807) is 18.2 Å². The van der Waals surface area contributed by atoms with Gasteiger partial charge in [0.2, 0.25) is 0 Å². The minimum Gasteiger partial charge on any atom is -0.478 e. The fourth-order valence-corrected chi connectivity index (χ4v) is 2.04. The Labute approximate surface area is 107 Å². The summed E-state index contributed by atoms with van der Waals surface area (Å²) in [5.74, 6) is -0.896. The topological polar surface area (TPSA) is 37.3 Å². The summed E-state index contributed by atoms with van der Waals surface area (Å²) < 4.78 is 1.14. The normalized spacial score (nSPS) is 10.1. The van der Waals surface area contributed by atoms with Crippen LogP contribution in [0.2, 0.25) is 0 Å². The second-order valence-electron chi connectivity index (χ2n) is 3.40. The molecule has 0 atom stereocenters. The number of carboxylic acid groups (broad SMARTS) is 1. The smallest absolute Gasteiger partial charge is 0.335 e. The summed E-state index contributed by atoms with van der Waals surface area (Å²) >= 11 is 2.24. The zero-order chi connectivity index (χ0) is 11.5. The molecule has 0 bridgehead atoms. The minimum atomic E-state index is -0.896. The lowest BCUT2D eigenvalue weighted by molar-refractivity contribution is 0.0697. The SMILES string of the molecule is O=C(O)c1cccc(-c2cccc(I)c2)c1. The van der Waals surface area contributed by atoms with Gasteiger partial charge in [0.05, 0.1) is 5.56 Å². The van der Waals surface area contributed by atoms with Gasteiger partial charge < -0.3 is 5.11 Å². The molecule has 0 saturated heterocycles. The molecule has 2 aromatic carbocycles. The van der Waals surface area contributed by atoms with Crippen molar-refractivity contribution in [3.8, 4) is 11.1 Å². The first-order valence-corrected chi connectivity index (χ1v) is 5.84. The third-order valence-corrected chi connectivity index (χ3v) is 2.94. The van der Waals surface area contributed by atoms with E-state index < -0.39 is 5.97 Å². The summed E-state index contributed by atoms with van der Waals surface area (Å²) in [6.45, 7) is 0. The Morgan fingerprint density at radius 2 is 1.62 bits per heavy atom. The van der Waals surface area contributed by atoms with Crippen LogP contribution in [-0.2, 0) is 0 Å². The Morgan fingerprint density at radius 1 is 1.00 bits per heavy atom. The highest BCUT2D eigenvalue weighted by atomic mass is 127. The van der Waals surface area contributed by atoms with Crippen LogP contribution >= 0.6 is 22.6 Å². The van der Waals surface area contributed by atoms with E-state index in [9.17, 15) is 4.79 Å². The van der Waals surface area contributed by atoms with Crippen LogP contribution in [-0.4, -0.2) is 11.1 Å². The van der Waals surface area contributed by atoms with Crippen molar-refractivity contribution in [2.24, 2.45) is 0 Å². The fraction of sp³-hybridized carbons (Fsp3) is 0. The molecular formula is C13H9IO2. The van der Waals surface area contributed by atoms with E-state index in [2.05, 4.69) is 22.6 Å². The van der Waals surface area contributed by atoms with E-state index in [0.29, 0.717) is 5.56 Å². The Bertz CT molecular complexity index is 535. The van der Waals surface area contributed by atoms with Crippen LogP contribution in [0.15, 0.2) is 48.5 Å². The molecule has 0 unspecified atom stereocenters. The van der Waals surface area contributed by atoms with E-state index in [1.165, 1.54) is 0 Å². The van der Waals surface area contributed by atoms with Gasteiger partial charge >= 0.3 is 5.97 Å². The third-order valence-electron chi connectivity index (χ3n) is 2.27. The van der Waals surface area contributed by atoms with Gasteiger partial charge in [-0.25, -0.2) is 4.79 Å². The molecule has 0 aliphatic rings. The van der Waals surface area contributed by atoms with E-state index in [-0.39, 0.29) is 0 Å². The first-order chi connectivity index (χ1) is 7.66. The van der Waals surface area contributed by atoms with Gasteiger partial charge in [-0.1, -0.05) is 24.3 Å². The Hall–Kier alpha value is -1.36. The van der Waals surface area contributed by atoms with Gasteiger partial charge in [0.1, 0.15) is 0 Å². The molecule has 0 aliphatic heterocycles. The van der Waals surface area contributed by atoms with Crippen LogP contribution < -0.4 is 0 Å². The molecular weight excluding hydrogens is 315 g/mol. The number of rotatable bonds is 2. The Morgan fingerprint density at radius 3 is 2.25 bits per heavy atom. The summed E-state index contributed by atoms with van der Waals surface area (Å²) in [6.07, 6.45) is 0. The van der Waals surface area contributed by atoms with Crippen molar-refractivity contribution in [3.63, 3.8) is 0 Å². The van der Waals surface area contributed by atoms with Crippen molar-refractivity contribution in [2.75, 3.05) is 0 Å². The van der Waals surface area contributed by atoms with Gasteiger partial charge in [0, 0.05) is 3.57 Å². The number of hydrogen-bond donors (Lipinski definition) is 1. The van der Waals surface area contributed by atoms with Crippen molar-refractivity contribution in [2.45, 2.75) is 0 Å². The average Bonchev–Trinajstić information content (AvgIpc) is 2.29. The number of halogens is 1. The summed E-state index contributed by atoms with van der Waals surface area (Å²) in [6, 6.07) is 14.9. The molecule has 0 aromatic heterocycles. The van der Waals surface area contributed by atoms with Gasteiger partial charge in [-0.05, 0) is 58.0 Å². The van der Waals surface area contributed by atoms with E-state index >= 15 is 0 Å². The molecule has 2 aromatic rings. The molecule has 80 valence electrons. The first-order valence-electron chi connectivity index (χ1n) is 4.76. The van der Waals surface area contributed by atoms with Crippen molar-refractivity contribution in [3.05, 3.63) is 57.7 Å². The summed E-state index contributed by atoms with van der Waals surface area (Å²) in [5, 5.41) is 8.91. The molecule has 0 aliphatic carbocycles. The Kier molecular flexibility index (Phi) is 3.24. The summed E-state index contributed by atoms with van der Waals surface area (Å²) in [4.78, 5) is 10.8. The first kappa shape index (κ1) is 11.1. The number of carbonyl (C=O) groups is 1. The maximum absolute atomic E-state index is 10.8. The quantitative estimate of drug-likeness (QED) is 0.856. The van der Waals surface area contributed by atoms with Gasteiger partial charge in [0.15, 0.2) is 0 Å². The molecule has 0 saturated carbocycles. The summed E-state index contributed by atoms with van der Waals surface area (Å²) in [7, 11) is 0. The van der Waals surface area contributed by atoms with Crippen molar-refractivity contribution in [1.29, 1.82) is 0 Å². The molecule has 2 rings (SSSR count). The highest BCUT2D eigenvalue weighted by Crippen LogP contribution is 2.22. The molecule has 0 heterocycles. The van der Waals surface area contributed by atoms with Crippen LogP contribution in [0.5, 0.6) is 0 Å². The van der Waals surface area contributed by atoms with Crippen LogP contribution in [0.1, 0.15) is 10.4 Å². The predicted molar refractivity (Wildman–Crippen MR) is 71.6 cm³/mol. The molecule has 0 amide bonds. The van der Waals surface area contributed by atoms with Crippen LogP contribution in [0.4, 0.5) is 0 Å². The lowest BCUT2D eigenvalue weighted by Gasteiger charge is -2.03. The second kappa shape index (κ2) is 4.65. The number of hydrogen-bond acceptors (Lipinski definition) is 1. The largest absolute Gasteiger partial charge is 0.478 e. The lowest BCUT2D eigenvalue weighted by Crippen LogP contribution is -1.95. The molecule has 0 radical (unpaired) electrons. The van der Waals surface area contributed by atoms with Crippen molar-refractivity contribution < 1.29 is 9.90 Å². The van der Waals surface area contributed by atoms with E-state index in [1.807, 2.05) is 30.3 Å². The molecule has 0 fully saturated rings. The number of aromatic carboxylic acids is 1. The molecule has 16 heavy (non-hydrogen) atoms. The maximum atomic E-state index is 10.8. The standard InChI is InChI=1S/C13H9IO2/c14-12-6-2-4-10(8-12)9-3-1-5-11(7-9)13(15)16/h1-8H,(H,15,16). The highest BCUT2D eigenvalue weighted by molar-refractivity contribution is 14.1. The van der Waals surface area contributed by atoms with Crippen LogP contribution in [0.25, 0.3) is 11.1 Å². The van der Waals surface area contributed by atoms with Gasteiger partial charge in [-0.2, -0.15) is 0 Å². The highest BCUT2D eigenvalue weighted by Gasteiger charge is 2.04. The lowest BCUT2D eigenvalue weighted by atomic mass is 10.0. The molecule has 2 nitrogen and oxygen atoms in total. The number of benzene rings is 2. The summed E-state index contributed by atoms with van der Waals surface area (Å²) in [5.41, 5.74) is 2.28.